The Hall–Kier alpha value is -1.22. The zero-order chi connectivity index (χ0) is 8.55. The van der Waals surface area contributed by atoms with Gasteiger partial charge in [0.25, 0.3) is 0 Å². The predicted molar refractivity (Wildman–Crippen MR) is 43.2 cm³/mol. The van der Waals surface area contributed by atoms with Crippen molar-refractivity contribution >= 4 is 0 Å². The summed E-state index contributed by atoms with van der Waals surface area (Å²) in [5.74, 6) is 0.838. The van der Waals surface area contributed by atoms with E-state index in [9.17, 15) is 5.11 Å². The molecule has 0 saturated carbocycles. The third kappa shape index (κ3) is 1.12. The number of rotatable bonds is 0. The molecule has 3 nitrogen and oxygen atoms in total. The van der Waals surface area contributed by atoms with E-state index in [1.807, 2.05) is 0 Å². The maximum absolute atomic E-state index is 9.49. The lowest BCUT2D eigenvalue weighted by molar-refractivity contribution is 0.115. The quantitative estimate of drug-likeness (QED) is 0.609. The summed E-state index contributed by atoms with van der Waals surface area (Å²) >= 11 is 0. The molecule has 1 aliphatic rings. The molecule has 0 aliphatic carbocycles. The first kappa shape index (κ1) is 7.43. The number of ether oxygens (including phenoxy) is 1. The van der Waals surface area contributed by atoms with Crippen LogP contribution in [0.15, 0.2) is 18.2 Å². The molecule has 1 heterocycles. The lowest BCUT2D eigenvalue weighted by Crippen LogP contribution is -2.13. The second-order valence-electron chi connectivity index (χ2n) is 2.88. The van der Waals surface area contributed by atoms with Crippen LogP contribution in [0.25, 0.3) is 0 Å². The van der Waals surface area contributed by atoms with E-state index in [-0.39, 0.29) is 5.75 Å². The number of aliphatic hydroxyl groups excluding tert-OH is 1. The summed E-state index contributed by atoms with van der Waals surface area (Å²) < 4.78 is 5.28. The number of aromatic hydroxyl groups is 1. The molecular weight excluding hydrogens is 156 g/mol. The fourth-order valence-electron chi connectivity index (χ4n) is 1.36. The summed E-state index contributed by atoms with van der Waals surface area (Å²) in [6.45, 7) is 0.541. The highest BCUT2D eigenvalue weighted by Gasteiger charge is 2.18. The van der Waals surface area contributed by atoms with Gasteiger partial charge in [0.05, 0.1) is 12.7 Å². The number of fused-ring (bicyclic) bond motifs is 1. The third-order valence-corrected chi connectivity index (χ3v) is 2.00. The Balaban J connectivity index is 2.47. The highest BCUT2D eigenvalue weighted by Crippen LogP contribution is 2.33. The van der Waals surface area contributed by atoms with Gasteiger partial charge in [-0.3, -0.25) is 0 Å². The molecular formula is C9H10O3. The van der Waals surface area contributed by atoms with Gasteiger partial charge in [-0.25, -0.2) is 0 Å². The van der Waals surface area contributed by atoms with Crippen molar-refractivity contribution in [3.63, 3.8) is 0 Å². The van der Waals surface area contributed by atoms with Crippen LogP contribution < -0.4 is 4.74 Å². The normalized spacial score (nSPS) is 21.2. The summed E-state index contributed by atoms with van der Waals surface area (Å²) in [5.41, 5.74) is 0.682. The molecule has 1 aromatic rings. The molecule has 0 amide bonds. The Kier molecular flexibility index (Phi) is 1.66. The molecule has 0 unspecified atom stereocenters. The number of aliphatic hydroxyl groups is 1. The molecule has 0 fully saturated rings. The Labute approximate surface area is 70.2 Å². The fourth-order valence-corrected chi connectivity index (χ4v) is 1.36. The molecule has 0 bridgehead atoms. The number of benzene rings is 1. The van der Waals surface area contributed by atoms with E-state index in [0.717, 1.165) is 0 Å². The zero-order valence-electron chi connectivity index (χ0n) is 6.53. The third-order valence-electron chi connectivity index (χ3n) is 2.00. The van der Waals surface area contributed by atoms with Crippen molar-refractivity contribution < 1.29 is 14.9 Å². The average Bonchev–Trinajstić information content (AvgIpc) is 2.07. The van der Waals surface area contributed by atoms with E-state index >= 15 is 0 Å². The maximum atomic E-state index is 9.49. The van der Waals surface area contributed by atoms with Gasteiger partial charge in [-0.1, -0.05) is 0 Å². The monoisotopic (exact) mass is 166 g/mol. The second-order valence-corrected chi connectivity index (χ2v) is 2.88. The summed E-state index contributed by atoms with van der Waals surface area (Å²) in [4.78, 5) is 0. The van der Waals surface area contributed by atoms with E-state index in [1.165, 1.54) is 0 Å². The van der Waals surface area contributed by atoms with Crippen LogP contribution in [-0.4, -0.2) is 16.8 Å². The second kappa shape index (κ2) is 2.68. The summed E-state index contributed by atoms with van der Waals surface area (Å²) in [6, 6.07) is 4.77. The minimum atomic E-state index is -0.499. The van der Waals surface area contributed by atoms with Gasteiger partial charge in [0, 0.05) is 12.0 Å². The van der Waals surface area contributed by atoms with Crippen LogP contribution in [-0.2, 0) is 0 Å². The molecule has 0 spiro atoms. The minimum absolute atomic E-state index is 0.165. The van der Waals surface area contributed by atoms with Crippen LogP contribution in [0.3, 0.4) is 0 Å². The summed E-state index contributed by atoms with van der Waals surface area (Å²) in [6.07, 6.45) is 0.0945. The molecule has 2 rings (SSSR count). The Bertz CT molecular complexity index is 296. The van der Waals surface area contributed by atoms with Crippen LogP contribution in [0.5, 0.6) is 11.5 Å². The van der Waals surface area contributed by atoms with Crippen molar-refractivity contribution in [2.45, 2.75) is 12.5 Å². The number of phenolic OH excluding ortho intramolecular Hbond substituents is 1. The molecule has 64 valence electrons. The molecule has 0 radical (unpaired) electrons. The first-order valence-corrected chi connectivity index (χ1v) is 3.91. The molecule has 3 heteroatoms. The highest BCUT2D eigenvalue weighted by atomic mass is 16.5. The first-order valence-electron chi connectivity index (χ1n) is 3.91. The summed E-state index contributed by atoms with van der Waals surface area (Å²) in [5, 5.41) is 18.6. The molecule has 1 aromatic carbocycles. The molecule has 0 saturated heterocycles. The lowest BCUT2D eigenvalue weighted by atomic mass is 10.0. The SMILES string of the molecule is Oc1ccc2c(c1)[C@H](O)CCO2. The topological polar surface area (TPSA) is 49.7 Å². The van der Waals surface area contributed by atoms with E-state index in [1.54, 1.807) is 18.2 Å². The van der Waals surface area contributed by atoms with E-state index < -0.39 is 6.10 Å². The molecule has 0 aromatic heterocycles. The lowest BCUT2D eigenvalue weighted by Gasteiger charge is -2.21. The molecule has 1 atom stereocenters. The molecule has 1 aliphatic heterocycles. The Morgan fingerprint density at radius 2 is 2.25 bits per heavy atom. The Morgan fingerprint density at radius 1 is 1.42 bits per heavy atom. The van der Waals surface area contributed by atoms with Gasteiger partial charge in [-0.15, -0.1) is 0 Å². The van der Waals surface area contributed by atoms with E-state index in [4.69, 9.17) is 9.84 Å². The van der Waals surface area contributed by atoms with Crippen molar-refractivity contribution in [2.75, 3.05) is 6.61 Å². The predicted octanol–water partition coefficient (Wildman–Crippen LogP) is 1.21. The average molecular weight is 166 g/mol. The van der Waals surface area contributed by atoms with Crippen LogP contribution in [0.1, 0.15) is 18.1 Å². The van der Waals surface area contributed by atoms with Gasteiger partial charge in [-0.05, 0) is 18.2 Å². The van der Waals surface area contributed by atoms with Crippen LogP contribution >= 0.6 is 0 Å². The highest BCUT2D eigenvalue weighted by molar-refractivity contribution is 5.41. The first-order chi connectivity index (χ1) is 5.77. The fraction of sp³-hybridized carbons (Fsp3) is 0.333. The largest absolute Gasteiger partial charge is 0.508 e. The molecule has 2 N–H and O–H groups in total. The van der Waals surface area contributed by atoms with E-state index in [0.29, 0.717) is 24.3 Å². The van der Waals surface area contributed by atoms with E-state index in [2.05, 4.69) is 0 Å². The molecule has 12 heavy (non-hydrogen) atoms. The number of hydrogen-bond acceptors (Lipinski definition) is 3. The van der Waals surface area contributed by atoms with Gasteiger partial charge in [-0.2, -0.15) is 0 Å². The van der Waals surface area contributed by atoms with Crippen molar-refractivity contribution in [3.8, 4) is 11.5 Å². The smallest absolute Gasteiger partial charge is 0.125 e. The van der Waals surface area contributed by atoms with Gasteiger partial charge in [0.15, 0.2) is 0 Å². The zero-order valence-corrected chi connectivity index (χ0v) is 6.53. The maximum Gasteiger partial charge on any atom is 0.125 e. The minimum Gasteiger partial charge on any atom is -0.508 e. The van der Waals surface area contributed by atoms with Crippen molar-refractivity contribution in [1.29, 1.82) is 0 Å². The van der Waals surface area contributed by atoms with Gasteiger partial charge in [0.1, 0.15) is 11.5 Å². The van der Waals surface area contributed by atoms with Crippen LogP contribution in [0.2, 0.25) is 0 Å². The van der Waals surface area contributed by atoms with Crippen LogP contribution in [0, 0.1) is 0 Å². The number of hydrogen-bond donors (Lipinski definition) is 2. The van der Waals surface area contributed by atoms with Gasteiger partial charge >= 0.3 is 0 Å². The summed E-state index contributed by atoms with van der Waals surface area (Å²) in [7, 11) is 0. The van der Waals surface area contributed by atoms with Crippen LogP contribution in [0.4, 0.5) is 0 Å². The number of phenols is 1. The standard InChI is InChI=1S/C9H10O3/c10-6-1-2-9-7(5-6)8(11)3-4-12-9/h1-2,5,8,10-11H,3-4H2/t8-/m1/s1. The van der Waals surface area contributed by atoms with Gasteiger partial charge in [0.2, 0.25) is 0 Å². The van der Waals surface area contributed by atoms with Crippen molar-refractivity contribution in [1.82, 2.24) is 0 Å². The Morgan fingerprint density at radius 3 is 3.08 bits per heavy atom. The van der Waals surface area contributed by atoms with Crippen molar-refractivity contribution in [3.05, 3.63) is 23.8 Å². The van der Waals surface area contributed by atoms with Gasteiger partial charge < -0.3 is 14.9 Å². The van der Waals surface area contributed by atoms with Crippen molar-refractivity contribution in [2.24, 2.45) is 0 Å².